The van der Waals surface area contributed by atoms with Crippen molar-refractivity contribution in [3.63, 3.8) is 0 Å². The number of nitrogens with zero attached hydrogens (tertiary/aromatic N) is 1. The number of hydrogen-bond acceptors (Lipinski definition) is 8. The molecule has 1 rings (SSSR count). The zero-order valence-electron chi connectivity index (χ0n) is 16.2. The van der Waals surface area contributed by atoms with E-state index in [4.69, 9.17) is 9.47 Å². The zero-order valence-corrected chi connectivity index (χ0v) is 16.2. The lowest BCUT2D eigenvalue weighted by atomic mass is 9.99. The number of nitro benzene ring substituents is 1. The largest absolute Gasteiger partial charge is 0.487 e. The number of ether oxygens (including phenoxy) is 3. The van der Waals surface area contributed by atoms with E-state index in [2.05, 4.69) is 10.1 Å². The molecule has 0 fully saturated rings. The lowest BCUT2D eigenvalue weighted by Gasteiger charge is -2.21. The molecule has 0 saturated heterocycles. The Hall–Kier alpha value is -3.17. The standard InChI is InChI=1S/C18H24N2O8/c1-5-11(3)16(18(23)26-4)19-15(21)10-28-17(22)12-7-8-14(27-6-2)13(9-12)20(24)25/h7-9,11,16H,5-6,10H2,1-4H3,(H,19,21)/t11-,16+/m1/s1. The summed E-state index contributed by atoms with van der Waals surface area (Å²) in [5, 5.41) is 13.6. The third kappa shape index (κ3) is 6.22. The predicted molar refractivity (Wildman–Crippen MR) is 97.9 cm³/mol. The Morgan fingerprint density at radius 2 is 1.93 bits per heavy atom. The minimum atomic E-state index is -0.917. The first-order valence-corrected chi connectivity index (χ1v) is 8.70. The van der Waals surface area contributed by atoms with Gasteiger partial charge in [-0.25, -0.2) is 9.59 Å². The van der Waals surface area contributed by atoms with E-state index in [0.717, 1.165) is 6.07 Å². The molecule has 0 aliphatic rings. The van der Waals surface area contributed by atoms with E-state index in [1.54, 1.807) is 13.8 Å². The van der Waals surface area contributed by atoms with Crippen LogP contribution in [0.3, 0.4) is 0 Å². The summed E-state index contributed by atoms with van der Waals surface area (Å²) in [4.78, 5) is 46.3. The second-order valence-corrected chi connectivity index (χ2v) is 5.90. The molecule has 0 aliphatic carbocycles. The van der Waals surface area contributed by atoms with E-state index >= 15 is 0 Å². The van der Waals surface area contributed by atoms with Crippen molar-refractivity contribution in [3.05, 3.63) is 33.9 Å². The summed E-state index contributed by atoms with van der Waals surface area (Å²) in [6.07, 6.45) is 0.621. The van der Waals surface area contributed by atoms with Crippen LogP contribution in [0.4, 0.5) is 5.69 Å². The van der Waals surface area contributed by atoms with Gasteiger partial charge in [0.05, 0.1) is 24.2 Å². The monoisotopic (exact) mass is 396 g/mol. The van der Waals surface area contributed by atoms with Gasteiger partial charge in [0.15, 0.2) is 12.4 Å². The van der Waals surface area contributed by atoms with Crippen molar-refractivity contribution in [2.24, 2.45) is 5.92 Å². The van der Waals surface area contributed by atoms with Gasteiger partial charge in [0, 0.05) is 6.07 Å². The van der Waals surface area contributed by atoms with Gasteiger partial charge in [0.1, 0.15) is 6.04 Å². The number of nitro groups is 1. The highest BCUT2D eigenvalue weighted by Gasteiger charge is 2.27. The summed E-state index contributed by atoms with van der Waals surface area (Å²) in [6.45, 7) is 4.87. The first-order chi connectivity index (χ1) is 13.2. The van der Waals surface area contributed by atoms with Gasteiger partial charge in [-0.2, -0.15) is 0 Å². The number of benzene rings is 1. The fraction of sp³-hybridized carbons (Fsp3) is 0.500. The SMILES string of the molecule is CCOc1ccc(C(=O)OCC(=O)N[C@H](C(=O)OC)[C@H](C)CC)cc1[N+](=O)[O-]. The molecule has 10 heteroatoms. The number of amides is 1. The minimum Gasteiger partial charge on any atom is -0.487 e. The predicted octanol–water partition coefficient (Wildman–Crippen LogP) is 1.85. The van der Waals surface area contributed by atoms with Crippen LogP contribution in [0, 0.1) is 16.0 Å². The van der Waals surface area contributed by atoms with Gasteiger partial charge in [-0.05, 0) is 25.0 Å². The second-order valence-electron chi connectivity index (χ2n) is 5.90. The van der Waals surface area contributed by atoms with Crippen LogP contribution in [-0.2, 0) is 19.1 Å². The number of carbonyl (C=O) groups excluding carboxylic acids is 3. The lowest BCUT2D eigenvalue weighted by Crippen LogP contribution is -2.47. The van der Waals surface area contributed by atoms with Crippen LogP contribution >= 0.6 is 0 Å². The number of carbonyl (C=O) groups is 3. The molecule has 0 spiro atoms. The fourth-order valence-electron chi connectivity index (χ4n) is 2.29. The van der Waals surface area contributed by atoms with Gasteiger partial charge in [-0.3, -0.25) is 14.9 Å². The highest BCUT2D eigenvalue weighted by Crippen LogP contribution is 2.28. The van der Waals surface area contributed by atoms with Crippen LogP contribution in [-0.4, -0.2) is 49.1 Å². The third-order valence-corrected chi connectivity index (χ3v) is 4.01. The summed E-state index contributed by atoms with van der Waals surface area (Å²) in [5.74, 6) is -2.36. The van der Waals surface area contributed by atoms with Crippen LogP contribution in [0.2, 0.25) is 0 Å². The third-order valence-electron chi connectivity index (χ3n) is 4.01. The summed E-state index contributed by atoms with van der Waals surface area (Å²) in [5.41, 5.74) is -0.488. The molecule has 1 amide bonds. The summed E-state index contributed by atoms with van der Waals surface area (Å²) < 4.78 is 14.7. The normalized spacial score (nSPS) is 12.4. The number of hydrogen-bond donors (Lipinski definition) is 1. The number of methoxy groups -OCH3 is 1. The van der Waals surface area contributed by atoms with Crippen LogP contribution < -0.4 is 10.1 Å². The molecule has 28 heavy (non-hydrogen) atoms. The summed E-state index contributed by atoms with van der Waals surface area (Å²) in [6, 6.07) is 2.73. The molecule has 0 aliphatic heterocycles. The maximum atomic E-state index is 12.1. The van der Waals surface area contributed by atoms with E-state index in [0.29, 0.717) is 6.42 Å². The Morgan fingerprint density at radius 1 is 1.25 bits per heavy atom. The number of esters is 2. The van der Waals surface area contributed by atoms with Gasteiger partial charge in [-0.1, -0.05) is 20.3 Å². The maximum Gasteiger partial charge on any atom is 0.338 e. The Labute approximate surface area is 162 Å². The molecule has 154 valence electrons. The molecule has 0 unspecified atom stereocenters. The first kappa shape index (κ1) is 22.9. The number of rotatable bonds is 10. The fourth-order valence-corrected chi connectivity index (χ4v) is 2.29. The van der Waals surface area contributed by atoms with Crippen LogP contribution in [0.1, 0.15) is 37.6 Å². The maximum absolute atomic E-state index is 12.1. The molecule has 10 nitrogen and oxygen atoms in total. The average Bonchev–Trinajstić information content (AvgIpc) is 2.69. The van der Waals surface area contributed by atoms with E-state index in [1.165, 1.54) is 19.2 Å². The molecule has 2 atom stereocenters. The van der Waals surface area contributed by atoms with E-state index in [9.17, 15) is 24.5 Å². The van der Waals surface area contributed by atoms with Gasteiger partial charge < -0.3 is 19.5 Å². The highest BCUT2D eigenvalue weighted by atomic mass is 16.6. The van der Waals surface area contributed by atoms with Crippen molar-refractivity contribution in [2.45, 2.75) is 33.2 Å². The zero-order chi connectivity index (χ0) is 21.3. The van der Waals surface area contributed by atoms with Crippen molar-refractivity contribution in [2.75, 3.05) is 20.3 Å². The highest BCUT2D eigenvalue weighted by molar-refractivity contribution is 5.93. The molecule has 0 heterocycles. The number of nitrogens with one attached hydrogen (secondary N) is 1. The second kappa shape index (κ2) is 10.9. The first-order valence-electron chi connectivity index (χ1n) is 8.70. The summed E-state index contributed by atoms with van der Waals surface area (Å²) >= 11 is 0. The van der Waals surface area contributed by atoms with Crippen molar-refractivity contribution >= 4 is 23.5 Å². The topological polar surface area (TPSA) is 134 Å². The van der Waals surface area contributed by atoms with E-state index in [1.807, 2.05) is 6.92 Å². The molecule has 0 saturated carbocycles. The molecule has 1 N–H and O–H groups in total. The van der Waals surface area contributed by atoms with E-state index < -0.39 is 35.4 Å². The van der Waals surface area contributed by atoms with Gasteiger partial charge >= 0.3 is 17.6 Å². The lowest BCUT2D eigenvalue weighted by molar-refractivity contribution is -0.385. The smallest absolute Gasteiger partial charge is 0.338 e. The Morgan fingerprint density at radius 3 is 2.46 bits per heavy atom. The molecule has 0 radical (unpaired) electrons. The Kier molecular flexibility index (Phi) is 8.86. The molecular weight excluding hydrogens is 372 g/mol. The minimum absolute atomic E-state index is 0.0243. The Bertz CT molecular complexity index is 734. The van der Waals surface area contributed by atoms with Gasteiger partial charge in [0.25, 0.3) is 5.91 Å². The van der Waals surface area contributed by atoms with E-state index in [-0.39, 0.29) is 29.5 Å². The van der Waals surface area contributed by atoms with Crippen LogP contribution in [0.25, 0.3) is 0 Å². The molecule has 0 bridgehead atoms. The quantitative estimate of drug-likeness (QED) is 0.360. The molecular formula is C18H24N2O8. The molecule has 0 aromatic heterocycles. The average molecular weight is 396 g/mol. The van der Waals surface area contributed by atoms with Crippen molar-refractivity contribution in [3.8, 4) is 5.75 Å². The van der Waals surface area contributed by atoms with Crippen LogP contribution in [0.15, 0.2) is 18.2 Å². The van der Waals surface area contributed by atoms with Crippen molar-refractivity contribution in [1.82, 2.24) is 5.32 Å². The molecule has 1 aromatic rings. The van der Waals surface area contributed by atoms with Crippen LogP contribution in [0.5, 0.6) is 5.75 Å². The summed E-state index contributed by atoms with van der Waals surface area (Å²) in [7, 11) is 1.21. The van der Waals surface area contributed by atoms with Gasteiger partial charge in [-0.15, -0.1) is 0 Å². The van der Waals surface area contributed by atoms with Gasteiger partial charge in [0.2, 0.25) is 0 Å². The Balaban J connectivity index is 2.78. The van der Waals surface area contributed by atoms with Crippen molar-refractivity contribution in [1.29, 1.82) is 0 Å². The van der Waals surface area contributed by atoms with Crippen molar-refractivity contribution < 1.29 is 33.5 Å². The molecule has 1 aromatic carbocycles.